The lowest BCUT2D eigenvalue weighted by molar-refractivity contribution is -0.139. The lowest BCUT2D eigenvalue weighted by Gasteiger charge is -2.17. The Balaban J connectivity index is 2.55. The molecule has 2 N–H and O–H groups in total. The van der Waals surface area contributed by atoms with Crippen molar-refractivity contribution in [2.24, 2.45) is 0 Å². The van der Waals surface area contributed by atoms with Gasteiger partial charge >= 0.3 is 12.1 Å². The minimum Gasteiger partial charge on any atom is -0.481 e. The fourth-order valence-electron chi connectivity index (χ4n) is 2.57. The van der Waals surface area contributed by atoms with Gasteiger partial charge in [0.1, 0.15) is 0 Å². The number of ether oxygens (including phenoxy) is 1. The number of hydrogen-bond donors (Lipinski definition) is 2. The molecule has 0 aliphatic carbocycles. The van der Waals surface area contributed by atoms with Crippen LogP contribution < -0.4 is 5.32 Å². The van der Waals surface area contributed by atoms with Crippen molar-refractivity contribution < 1.29 is 24.2 Å². The summed E-state index contributed by atoms with van der Waals surface area (Å²) < 4.78 is 5.20. The van der Waals surface area contributed by atoms with E-state index in [1.165, 1.54) is 0 Å². The first kappa shape index (κ1) is 22.0. The molecule has 0 fully saturated rings. The number of carbonyl (C=O) groups excluding carboxylic acids is 2. The van der Waals surface area contributed by atoms with Crippen molar-refractivity contribution in [1.82, 2.24) is 5.32 Å². The topological polar surface area (TPSA) is 92.7 Å². The number of halogens is 1. The van der Waals surface area contributed by atoms with Gasteiger partial charge in [0, 0.05) is 18.0 Å². The number of carbonyl (C=O) groups is 3. The molecule has 0 heterocycles. The van der Waals surface area contributed by atoms with E-state index in [4.69, 9.17) is 16.3 Å². The largest absolute Gasteiger partial charge is 0.481 e. The van der Waals surface area contributed by atoms with Crippen molar-refractivity contribution in [2.75, 3.05) is 6.54 Å². The predicted molar refractivity (Wildman–Crippen MR) is 99.5 cm³/mol. The highest BCUT2D eigenvalue weighted by Crippen LogP contribution is 2.21. The summed E-state index contributed by atoms with van der Waals surface area (Å²) in [7, 11) is 0. The van der Waals surface area contributed by atoms with Gasteiger partial charge in [-0.2, -0.15) is 0 Å². The third-order valence-corrected chi connectivity index (χ3v) is 4.18. The van der Waals surface area contributed by atoms with Gasteiger partial charge in [0.25, 0.3) is 0 Å². The number of alkyl carbamates (subject to hydrolysis) is 1. The highest BCUT2D eigenvalue weighted by atomic mass is 35.5. The van der Waals surface area contributed by atoms with Crippen LogP contribution >= 0.6 is 11.6 Å². The number of amides is 1. The van der Waals surface area contributed by atoms with E-state index in [1.807, 2.05) is 13.8 Å². The Bertz CT molecular complexity index is 602. The fraction of sp³-hybridized carbons (Fsp3) is 0.526. The predicted octanol–water partition coefficient (Wildman–Crippen LogP) is 4.16. The fourth-order valence-corrected chi connectivity index (χ4v) is 2.70. The summed E-state index contributed by atoms with van der Waals surface area (Å²) >= 11 is 5.82. The van der Waals surface area contributed by atoms with Gasteiger partial charge in [-0.15, -0.1) is 0 Å². The number of carboxylic acid groups (broad SMARTS) is 1. The monoisotopic (exact) mass is 383 g/mol. The van der Waals surface area contributed by atoms with E-state index in [1.54, 1.807) is 24.3 Å². The van der Waals surface area contributed by atoms with Gasteiger partial charge < -0.3 is 15.2 Å². The smallest absolute Gasteiger partial charge is 0.407 e. The molecule has 1 unspecified atom stereocenters. The van der Waals surface area contributed by atoms with Crippen LogP contribution in [0.1, 0.15) is 57.4 Å². The van der Waals surface area contributed by atoms with Gasteiger partial charge in [-0.25, -0.2) is 4.79 Å². The Hall–Kier alpha value is -2.08. The van der Waals surface area contributed by atoms with Crippen LogP contribution in [0.5, 0.6) is 0 Å². The second-order valence-corrected chi connectivity index (χ2v) is 6.49. The molecule has 144 valence electrons. The maximum absolute atomic E-state index is 12.0. The molecule has 0 saturated carbocycles. The van der Waals surface area contributed by atoms with E-state index in [9.17, 15) is 19.5 Å². The van der Waals surface area contributed by atoms with Crippen LogP contribution in [0.3, 0.4) is 0 Å². The van der Waals surface area contributed by atoms with Crippen molar-refractivity contribution in [2.45, 2.75) is 58.0 Å². The second-order valence-electron chi connectivity index (χ2n) is 6.06. The SMILES string of the molecule is CCCC(=O)[C@H](CCC)OC(=O)NCCC(C(=O)O)c1ccc(Cl)cc1. The van der Waals surface area contributed by atoms with Gasteiger partial charge in [-0.1, -0.05) is 44.0 Å². The molecule has 7 heteroatoms. The molecule has 2 atom stereocenters. The Labute approximate surface area is 158 Å². The Morgan fingerprint density at radius 1 is 1.12 bits per heavy atom. The van der Waals surface area contributed by atoms with E-state index in [2.05, 4.69) is 5.32 Å². The van der Waals surface area contributed by atoms with Crippen LogP contribution in [0.15, 0.2) is 24.3 Å². The van der Waals surface area contributed by atoms with E-state index >= 15 is 0 Å². The van der Waals surface area contributed by atoms with Crippen molar-refractivity contribution in [1.29, 1.82) is 0 Å². The maximum atomic E-state index is 12.0. The molecule has 0 saturated heterocycles. The van der Waals surface area contributed by atoms with Crippen LogP contribution in [0.25, 0.3) is 0 Å². The molecule has 0 bridgehead atoms. The van der Waals surface area contributed by atoms with Crippen LogP contribution in [0.4, 0.5) is 4.79 Å². The van der Waals surface area contributed by atoms with E-state index in [-0.39, 0.29) is 18.7 Å². The molecule has 1 aromatic rings. The summed E-state index contributed by atoms with van der Waals surface area (Å²) in [5.41, 5.74) is 0.610. The van der Waals surface area contributed by atoms with Crippen molar-refractivity contribution in [3.63, 3.8) is 0 Å². The van der Waals surface area contributed by atoms with Crippen LogP contribution in [-0.4, -0.2) is 35.6 Å². The molecule has 1 aromatic carbocycles. The summed E-state index contributed by atoms with van der Waals surface area (Å²) in [4.78, 5) is 35.3. The second kappa shape index (κ2) is 11.5. The zero-order chi connectivity index (χ0) is 19.5. The quantitative estimate of drug-likeness (QED) is 0.598. The molecule has 0 aliphatic rings. The van der Waals surface area contributed by atoms with Crippen LogP contribution in [0, 0.1) is 0 Å². The summed E-state index contributed by atoms with van der Waals surface area (Å²) in [6.07, 6.45) is 1.04. The first-order valence-corrected chi connectivity index (χ1v) is 9.22. The molecule has 0 radical (unpaired) electrons. The average Bonchev–Trinajstić information content (AvgIpc) is 2.59. The molecular weight excluding hydrogens is 358 g/mol. The van der Waals surface area contributed by atoms with E-state index in [0.717, 1.165) is 6.42 Å². The zero-order valence-corrected chi connectivity index (χ0v) is 15.9. The molecule has 1 rings (SSSR count). The number of aliphatic carboxylic acids is 1. The minimum atomic E-state index is -0.982. The van der Waals surface area contributed by atoms with Crippen molar-refractivity contribution >= 4 is 29.4 Å². The van der Waals surface area contributed by atoms with E-state index < -0.39 is 24.1 Å². The first-order valence-electron chi connectivity index (χ1n) is 8.84. The lowest BCUT2D eigenvalue weighted by Crippen LogP contribution is -2.34. The summed E-state index contributed by atoms with van der Waals surface area (Å²) in [6, 6.07) is 6.56. The number of Topliss-reactive ketones (excluding diaryl/α,β-unsaturated/α-hetero) is 1. The zero-order valence-electron chi connectivity index (χ0n) is 15.2. The number of benzene rings is 1. The van der Waals surface area contributed by atoms with Crippen molar-refractivity contribution in [3.8, 4) is 0 Å². The molecule has 0 aliphatic heterocycles. The molecule has 1 amide bonds. The van der Waals surface area contributed by atoms with Crippen molar-refractivity contribution in [3.05, 3.63) is 34.9 Å². The standard InChI is InChI=1S/C19H26ClNO5/c1-3-5-16(22)17(6-4-2)26-19(25)21-12-11-15(18(23)24)13-7-9-14(20)10-8-13/h7-10,15,17H,3-6,11-12H2,1-2H3,(H,21,25)(H,23,24)/t15?,17-/m0/s1. The molecule has 6 nitrogen and oxygen atoms in total. The number of nitrogens with one attached hydrogen (secondary N) is 1. The Morgan fingerprint density at radius 3 is 2.31 bits per heavy atom. The Kier molecular flexibility index (Phi) is 9.73. The van der Waals surface area contributed by atoms with Gasteiger partial charge in [-0.3, -0.25) is 9.59 Å². The Morgan fingerprint density at radius 2 is 1.77 bits per heavy atom. The highest BCUT2D eigenvalue weighted by molar-refractivity contribution is 6.30. The molecular formula is C19H26ClNO5. The number of ketones is 1. The van der Waals surface area contributed by atoms with Gasteiger partial charge in [0.05, 0.1) is 5.92 Å². The van der Waals surface area contributed by atoms with Crippen LogP contribution in [-0.2, 0) is 14.3 Å². The number of hydrogen-bond acceptors (Lipinski definition) is 4. The van der Waals surface area contributed by atoms with Gasteiger partial charge in [-0.05, 0) is 37.0 Å². The molecule has 26 heavy (non-hydrogen) atoms. The van der Waals surface area contributed by atoms with Gasteiger partial charge in [0.2, 0.25) is 0 Å². The third kappa shape index (κ3) is 7.44. The third-order valence-electron chi connectivity index (χ3n) is 3.93. The highest BCUT2D eigenvalue weighted by Gasteiger charge is 2.23. The van der Waals surface area contributed by atoms with Gasteiger partial charge in [0.15, 0.2) is 11.9 Å². The lowest BCUT2D eigenvalue weighted by atomic mass is 9.96. The summed E-state index contributed by atoms with van der Waals surface area (Å²) in [5.74, 6) is -1.83. The number of rotatable bonds is 11. The van der Waals surface area contributed by atoms with E-state index in [0.29, 0.717) is 29.8 Å². The summed E-state index contributed by atoms with van der Waals surface area (Å²) in [5, 5.41) is 12.4. The number of carboxylic acids is 1. The minimum absolute atomic E-state index is 0.0888. The molecule has 0 spiro atoms. The summed E-state index contributed by atoms with van der Waals surface area (Å²) in [6.45, 7) is 3.93. The maximum Gasteiger partial charge on any atom is 0.407 e. The normalized spacial score (nSPS) is 12.9. The van der Waals surface area contributed by atoms with Crippen LogP contribution in [0.2, 0.25) is 5.02 Å². The molecule has 0 aromatic heterocycles. The average molecular weight is 384 g/mol. The first-order chi connectivity index (χ1) is 12.4.